The van der Waals surface area contributed by atoms with Crippen molar-refractivity contribution in [3.63, 3.8) is 0 Å². The van der Waals surface area contributed by atoms with E-state index in [-0.39, 0.29) is 5.63 Å². The van der Waals surface area contributed by atoms with Crippen LogP contribution in [0.3, 0.4) is 0 Å². The third kappa shape index (κ3) is 3.75. The van der Waals surface area contributed by atoms with E-state index in [1.165, 1.54) is 16.0 Å². The van der Waals surface area contributed by atoms with E-state index in [4.69, 9.17) is 13.9 Å². The van der Waals surface area contributed by atoms with Crippen molar-refractivity contribution in [3.8, 4) is 11.5 Å². The summed E-state index contributed by atoms with van der Waals surface area (Å²) in [5.74, 6) is 1.73. The zero-order valence-corrected chi connectivity index (χ0v) is 17.5. The Morgan fingerprint density at radius 1 is 1.07 bits per heavy atom. The van der Waals surface area contributed by atoms with Crippen LogP contribution in [0, 0.1) is 13.8 Å². The van der Waals surface area contributed by atoms with Crippen molar-refractivity contribution in [1.29, 1.82) is 0 Å². The van der Waals surface area contributed by atoms with Gasteiger partial charge in [0.1, 0.15) is 29.7 Å². The average Bonchev–Trinajstić information content (AvgIpc) is 3.17. The summed E-state index contributed by atoms with van der Waals surface area (Å²) in [6.45, 7) is 5.96. The highest BCUT2D eigenvalue weighted by Gasteiger charge is 2.33. The molecule has 5 nitrogen and oxygen atoms in total. The zero-order chi connectivity index (χ0) is 20.5. The number of nitrogens with one attached hydrogen (secondary N) is 1. The Balaban J connectivity index is 1.73. The molecule has 0 saturated carbocycles. The maximum absolute atomic E-state index is 12.2. The van der Waals surface area contributed by atoms with Gasteiger partial charge in [-0.15, -0.1) is 0 Å². The molecule has 0 radical (unpaired) electrons. The fourth-order valence-corrected chi connectivity index (χ4v) is 4.48. The summed E-state index contributed by atoms with van der Waals surface area (Å²) in [4.78, 5) is 13.6. The second kappa shape index (κ2) is 7.91. The third-order valence-electron chi connectivity index (χ3n) is 6.16. The molecule has 5 heteroatoms. The Morgan fingerprint density at radius 2 is 1.86 bits per heavy atom. The van der Waals surface area contributed by atoms with Crippen molar-refractivity contribution in [3.05, 3.63) is 69.1 Å². The number of ether oxygens (including phenoxy) is 2. The molecule has 2 atom stereocenters. The molecule has 0 spiro atoms. The molecule has 2 heterocycles. The van der Waals surface area contributed by atoms with Gasteiger partial charge in [-0.2, -0.15) is 0 Å². The minimum Gasteiger partial charge on any atom is -0.497 e. The molecule has 0 bridgehead atoms. The van der Waals surface area contributed by atoms with Gasteiger partial charge in [0, 0.05) is 29.9 Å². The molecule has 2 aromatic carbocycles. The van der Waals surface area contributed by atoms with E-state index in [9.17, 15) is 4.79 Å². The Labute approximate surface area is 170 Å². The van der Waals surface area contributed by atoms with Gasteiger partial charge >= 0.3 is 5.63 Å². The smallest absolute Gasteiger partial charge is 0.336 e. The van der Waals surface area contributed by atoms with E-state index in [2.05, 4.69) is 19.1 Å². The third-order valence-corrected chi connectivity index (χ3v) is 6.16. The number of aryl methyl sites for hydroxylation is 2. The first-order chi connectivity index (χ1) is 14.0. The predicted molar refractivity (Wildman–Crippen MR) is 113 cm³/mol. The van der Waals surface area contributed by atoms with Gasteiger partial charge in [-0.05, 0) is 55.3 Å². The summed E-state index contributed by atoms with van der Waals surface area (Å²) in [6.07, 6.45) is 2.22. The number of fused-ring (bicyclic) bond motifs is 1. The Hall–Kier alpha value is -2.79. The minimum absolute atomic E-state index is 0.287. The lowest BCUT2D eigenvalue weighted by Crippen LogP contribution is -3.08. The van der Waals surface area contributed by atoms with Crippen LogP contribution in [0.4, 0.5) is 0 Å². The van der Waals surface area contributed by atoms with Crippen molar-refractivity contribution in [2.75, 3.05) is 20.8 Å². The number of methoxy groups -OCH3 is 2. The van der Waals surface area contributed by atoms with Gasteiger partial charge in [0.05, 0.1) is 26.3 Å². The van der Waals surface area contributed by atoms with Crippen molar-refractivity contribution in [2.24, 2.45) is 0 Å². The molecular formula is C24H28NO4+. The summed E-state index contributed by atoms with van der Waals surface area (Å²) in [7, 11) is 3.39. The van der Waals surface area contributed by atoms with Gasteiger partial charge in [-0.3, -0.25) is 0 Å². The zero-order valence-electron chi connectivity index (χ0n) is 17.5. The summed E-state index contributed by atoms with van der Waals surface area (Å²) < 4.78 is 16.6. The lowest BCUT2D eigenvalue weighted by molar-refractivity contribution is -0.931. The Bertz CT molecular complexity index is 1100. The normalized spacial score (nSPS) is 18.9. The molecule has 1 aliphatic heterocycles. The maximum Gasteiger partial charge on any atom is 0.336 e. The van der Waals surface area contributed by atoms with Crippen LogP contribution in [0.1, 0.15) is 41.1 Å². The van der Waals surface area contributed by atoms with Crippen LogP contribution in [0.2, 0.25) is 0 Å². The first-order valence-corrected chi connectivity index (χ1v) is 10.1. The second-order valence-electron chi connectivity index (χ2n) is 7.91. The monoisotopic (exact) mass is 394 g/mol. The molecule has 1 aromatic heterocycles. The van der Waals surface area contributed by atoms with Gasteiger partial charge in [0.2, 0.25) is 0 Å². The van der Waals surface area contributed by atoms with Crippen LogP contribution in [-0.4, -0.2) is 20.8 Å². The number of benzene rings is 2. The largest absolute Gasteiger partial charge is 0.497 e. The fourth-order valence-electron chi connectivity index (χ4n) is 4.48. The quantitative estimate of drug-likeness (QED) is 0.675. The summed E-state index contributed by atoms with van der Waals surface area (Å²) in [5.41, 5.74) is 4.93. The molecule has 0 amide bonds. The van der Waals surface area contributed by atoms with Crippen LogP contribution in [-0.2, 0) is 6.54 Å². The lowest BCUT2D eigenvalue weighted by Gasteiger charge is -2.24. The molecule has 1 N–H and O–H groups in total. The van der Waals surface area contributed by atoms with Gasteiger partial charge in [-0.25, -0.2) is 4.79 Å². The van der Waals surface area contributed by atoms with E-state index in [1.54, 1.807) is 20.3 Å². The first-order valence-electron chi connectivity index (χ1n) is 10.1. The fraction of sp³-hybridized carbons (Fsp3) is 0.375. The molecular weight excluding hydrogens is 366 g/mol. The highest BCUT2D eigenvalue weighted by molar-refractivity contribution is 5.81. The van der Waals surface area contributed by atoms with E-state index in [0.29, 0.717) is 11.6 Å². The van der Waals surface area contributed by atoms with Crippen LogP contribution >= 0.6 is 0 Å². The van der Waals surface area contributed by atoms with Gasteiger partial charge in [-0.1, -0.05) is 0 Å². The van der Waals surface area contributed by atoms with Crippen LogP contribution in [0.15, 0.2) is 45.6 Å². The highest BCUT2D eigenvalue weighted by Crippen LogP contribution is 2.32. The molecule has 1 unspecified atom stereocenters. The molecule has 3 aromatic rings. The number of quaternary nitrogens is 1. The summed E-state index contributed by atoms with van der Waals surface area (Å²) >= 11 is 0. The van der Waals surface area contributed by atoms with Gasteiger partial charge in [0.15, 0.2) is 0 Å². The Morgan fingerprint density at radius 3 is 2.62 bits per heavy atom. The summed E-state index contributed by atoms with van der Waals surface area (Å²) in [5, 5.41) is 1.03. The Kier molecular flexibility index (Phi) is 5.33. The second-order valence-corrected chi connectivity index (χ2v) is 7.91. The van der Waals surface area contributed by atoms with Crippen molar-refractivity contribution in [1.82, 2.24) is 0 Å². The highest BCUT2D eigenvalue weighted by atomic mass is 16.5. The average molecular weight is 394 g/mol. The number of likely N-dealkylation sites (tertiary alicyclic amines) is 1. The van der Waals surface area contributed by atoms with Gasteiger partial charge in [0.25, 0.3) is 0 Å². The van der Waals surface area contributed by atoms with E-state index < -0.39 is 0 Å². The molecule has 4 rings (SSSR count). The van der Waals surface area contributed by atoms with E-state index in [1.807, 2.05) is 25.1 Å². The molecule has 1 saturated heterocycles. The SMILES string of the molecule is COc1ccc(OC)c([C@@H]2CCC[NH+]2Cc2cc(=O)oc3cc(C)c(C)cc23)c1. The van der Waals surface area contributed by atoms with E-state index >= 15 is 0 Å². The van der Waals surface area contributed by atoms with Crippen molar-refractivity contribution >= 4 is 11.0 Å². The minimum atomic E-state index is -0.287. The number of hydrogen-bond donors (Lipinski definition) is 1. The first kappa shape index (κ1) is 19.5. The number of hydrogen-bond acceptors (Lipinski definition) is 4. The van der Waals surface area contributed by atoms with Crippen molar-refractivity contribution in [2.45, 2.75) is 39.3 Å². The molecule has 1 aliphatic rings. The maximum atomic E-state index is 12.2. The molecule has 152 valence electrons. The molecule has 0 aliphatic carbocycles. The predicted octanol–water partition coefficient (Wildman–Crippen LogP) is 3.35. The van der Waals surface area contributed by atoms with Gasteiger partial charge < -0.3 is 18.8 Å². The van der Waals surface area contributed by atoms with Crippen molar-refractivity contribution < 1.29 is 18.8 Å². The van der Waals surface area contributed by atoms with E-state index in [0.717, 1.165) is 53.9 Å². The topological polar surface area (TPSA) is 53.1 Å². The van der Waals surface area contributed by atoms with Crippen LogP contribution in [0.5, 0.6) is 11.5 Å². The van der Waals surface area contributed by atoms with Crippen LogP contribution < -0.4 is 20.0 Å². The lowest BCUT2D eigenvalue weighted by atomic mass is 10.0. The van der Waals surface area contributed by atoms with Crippen LogP contribution in [0.25, 0.3) is 11.0 Å². The summed E-state index contributed by atoms with van der Waals surface area (Å²) in [6, 6.07) is 12.0. The number of rotatable bonds is 5. The standard InChI is InChI=1S/C24H27NO4/c1-15-10-19-17(12-24(26)29-23(19)11-16(15)2)14-25-9-5-6-21(25)20-13-18(27-3)7-8-22(20)28-4/h7-8,10-13,21H,5-6,9,14H2,1-4H3/p+1/t21-/m0/s1. The molecule has 29 heavy (non-hydrogen) atoms. The molecule has 1 fully saturated rings.